The first-order chi connectivity index (χ1) is 20.1. The second-order valence-corrected chi connectivity index (χ2v) is 13.8. The molecule has 0 aliphatic heterocycles. The summed E-state index contributed by atoms with van der Waals surface area (Å²) in [6.45, 7) is 5.37. The molecule has 0 saturated heterocycles. The lowest BCUT2D eigenvalue weighted by Crippen LogP contribution is -2.53. The molecule has 4 rings (SSSR count). The van der Waals surface area contributed by atoms with Crippen molar-refractivity contribution in [2.24, 2.45) is 0 Å². The van der Waals surface area contributed by atoms with Crippen LogP contribution in [0.4, 0.5) is 5.69 Å². The number of sulfonamides is 1. The van der Waals surface area contributed by atoms with E-state index in [2.05, 4.69) is 5.32 Å². The van der Waals surface area contributed by atoms with Crippen LogP contribution in [0.15, 0.2) is 82.6 Å². The number of amides is 2. The zero-order valence-electron chi connectivity index (χ0n) is 24.9. The second-order valence-electron chi connectivity index (χ2n) is 11.0. The Morgan fingerprint density at radius 2 is 1.45 bits per heavy atom. The van der Waals surface area contributed by atoms with Gasteiger partial charge in [-0.05, 0) is 81.8 Å². The lowest BCUT2D eigenvalue weighted by Gasteiger charge is -2.33. The first kappa shape index (κ1) is 31.6. The third-order valence-corrected chi connectivity index (χ3v) is 10.4. The number of nitrogens with zero attached hydrogens (tertiary/aromatic N) is 2. The first-order valence-electron chi connectivity index (χ1n) is 14.5. The standard InChI is InChI=1S/C33H41N3O4S2/c1-24-10-14-27(15-11-24)22-35(26(3)33(38)34-28-8-6-5-7-9-28)32(37)23-36(29-16-12-25(2)13-17-29)42(39,40)31-20-18-30(41-4)19-21-31/h10-21,26,28H,5-9,22-23H2,1-4H3,(H,34,38)/t26-/m0/s1. The number of hydrogen-bond acceptors (Lipinski definition) is 5. The van der Waals surface area contributed by atoms with Gasteiger partial charge < -0.3 is 10.2 Å². The number of anilines is 1. The Hall–Kier alpha value is -3.30. The molecular formula is C33H41N3O4S2. The van der Waals surface area contributed by atoms with Crippen LogP contribution in [0, 0.1) is 13.8 Å². The van der Waals surface area contributed by atoms with Gasteiger partial charge in [0.1, 0.15) is 12.6 Å². The van der Waals surface area contributed by atoms with Crippen molar-refractivity contribution in [1.29, 1.82) is 0 Å². The third-order valence-electron chi connectivity index (χ3n) is 7.84. The number of hydrogen-bond donors (Lipinski definition) is 1. The van der Waals surface area contributed by atoms with Crippen molar-refractivity contribution in [3.8, 4) is 0 Å². The number of aryl methyl sites for hydroxylation is 2. The average molecular weight is 608 g/mol. The summed E-state index contributed by atoms with van der Waals surface area (Å²) < 4.78 is 29.2. The minimum absolute atomic E-state index is 0.0960. The smallest absolute Gasteiger partial charge is 0.264 e. The zero-order valence-corrected chi connectivity index (χ0v) is 26.5. The molecule has 7 nitrogen and oxygen atoms in total. The molecule has 0 spiro atoms. The summed E-state index contributed by atoms with van der Waals surface area (Å²) in [4.78, 5) is 30.1. The fourth-order valence-corrected chi connectivity index (χ4v) is 6.98. The van der Waals surface area contributed by atoms with Crippen LogP contribution in [-0.4, -0.2) is 50.0 Å². The highest BCUT2D eigenvalue weighted by Gasteiger charge is 2.33. The van der Waals surface area contributed by atoms with Gasteiger partial charge in [-0.25, -0.2) is 8.42 Å². The van der Waals surface area contributed by atoms with Crippen LogP contribution < -0.4 is 9.62 Å². The molecule has 3 aromatic carbocycles. The van der Waals surface area contributed by atoms with Gasteiger partial charge in [0.25, 0.3) is 10.0 Å². The van der Waals surface area contributed by atoms with Crippen LogP contribution in [0.3, 0.4) is 0 Å². The summed E-state index contributed by atoms with van der Waals surface area (Å²) in [7, 11) is -4.09. The molecule has 1 saturated carbocycles. The Morgan fingerprint density at radius 1 is 0.881 bits per heavy atom. The molecule has 1 fully saturated rings. The maximum atomic E-state index is 14.1. The van der Waals surface area contributed by atoms with E-state index >= 15 is 0 Å². The van der Waals surface area contributed by atoms with Crippen LogP contribution in [0.5, 0.6) is 0 Å². The Balaban J connectivity index is 1.66. The fourth-order valence-electron chi connectivity index (χ4n) is 5.16. The molecule has 0 unspecified atom stereocenters. The van der Waals surface area contributed by atoms with Crippen molar-refractivity contribution in [3.63, 3.8) is 0 Å². The molecule has 1 atom stereocenters. The van der Waals surface area contributed by atoms with Gasteiger partial charge in [0.2, 0.25) is 11.8 Å². The maximum absolute atomic E-state index is 14.1. The topological polar surface area (TPSA) is 86.8 Å². The highest BCUT2D eigenvalue weighted by atomic mass is 32.2. The summed E-state index contributed by atoms with van der Waals surface area (Å²) in [6, 6.07) is 20.8. The van der Waals surface area contributed by atoms with E-state index < -0.39 is 28.5 Å². The summed E-state index contributed by atoms with van der Waals surface area (Å²) in [6.07, 6.45) is 7.11. The van der Waals surface area contributed by atoms with E-state index in [0.29, 0.717) is 5.69 Å². The Kier molecular flexibility index (Phi) is 10.7. The average Bonchev–Trinajstić information content (AvgIpc) is 3.00. The fraction of sp³-hybridized carbons (Fsp3) is 0.394. The number of thioether (sulfide) groups is 1. The molecule has 1 N–H and O–H groups in total. The van der Waals surface area contributed by atoms with Crippen molar-refractivity contribution >= 4 is 39.3 Å². The molecule has 0 heterocycles. The monoisotopic (exact) mass is 607 g/mol. The summed E-state index contributed by atoms with van der Waals surface area (Å²) in [5, 5.41) is 3.14. The van der Waals surface area contributed by atoms with Gasteiger partial charge in [0, 0.05) is 17.5 Å². The molecule has 42 heavy (non-hydrogen) atoms. The van der Waals surface area contributed by atoms with Gasteiger partial charge >= 0.3 is 0 Å². The van der Waals surface area contributed by atoms with E-state index in [1.807, 2.05) is 56.5 Å². The lowest BCUT2D eigenvalue weighted by atomic mass is 9.95. The number of carbonyl (C=O) groups is 2. The summed E-state index contributed by atoms with van der Waals surface area (Å²) in [5.74, 6) is -0.675. The minimum atomic E-state index is -4.09. The molecule has 0 bridgehead atoms. The predicted molar refractivity (Wildman–Crippen MR) is 170 cm³/mol. The largest absolute Gasteiger partial charge is 0.352 e. The van der Waals surface area contributed by atoms with Gasteiger partial charge in [-0.2, -0.15) is 0 Å². The van der Waals surface area contributed by atoms with Crippen molar-refractivity contribution in [3.05, 3.63) is 89.5 Å². The summed E-state index contributed by atoms with van der Waals surface area (Å²) in [5.41, 5.74) is 3.31. The molecular weight excluding hydrogens is 567 g/mol. The molecule has 224 valence electrons. The first-order valence-corrected chi connectivity index (χ1v) is 17.1. The molecule has 9 heteroatoms. The Morgan fingerprint density at radius 3 is 2.02 bits per heavy atom. The maximum Gasteiger partial charge on any atom is 0.264 e. The lowest BCUT2D eigenvalue weighted by molar-refractivity contribution is -0.139. The molecule has 0 radical (unpaired) electrons. The van der Waals surface area contributed by atoms with Crippen LogP contribution in [0.2, 0.25) is 0 Å². The highest BCUT2D eigenvalue weighted by molar-refractivity contribution is 7.98. The normalized spacial score (nSPS) is 14.7. The van der Waals surface area contributed by atoms with E-state index in [1.54, 1.807) is 43.3 Å². The zero-order chi connectivity index (χ0) is 30.3. The van der Waals surface area contributed by atoms with Crippen LogP contribution in [-0.2, 0) is 26.2 Å². The number of rotatable bonds is 11. The third kappa shape index (κ3) is 7.95. The number of carbonyl (C=O) groups excluding carboxylic acids is 2. The number of nitrogens with one attached hydrogen (secondary N) is 1. The van der Waals surface area contributed by atoms with E-state index in [9.17, 15) is 18.0 Å². The quantitative estimate of drug-likeness (QED) is 0.267. The van der Waals surface area contributed by atoms with Crippen molar-refractivity contribution in [2.45, 2.75) is 81.3 Å². The SMILES string of the molecule is CSc1ccc(S(=O)(=O)N(CC(=O)N(Cc2ccc(C)cc2)[C@@H](C)C(=O)NC2CCCCC2)c2ccc(C)cc2)cc1. The van der Waals surface area contributed by atoms with Crippen LogP contribution in [0.25, 0.3) is 0 Å². The second kappa shape index (κ2) is 14.2. The van der Waals surface area contributed by atoms with E-state index in [-0.39, 0.29) is 23.4 Å². The molecule has 1 aliphatic rings. The van der Waals surface area contributed by atoms with Crippen molar-refractivity contribution in [2.75, 3.05) is 17.1 Å². The van der Waals surface area contributed by atoms with Crippen molar-refractivity contribution < 1.29 is 18.0 Å². The predicted octanol–water partition coefficient (Wildman–Crippen LogP) is 6.09. The van der Waals surface area contributed by atoms with Gasteiger partial charge in [0.15, 0.2) is 0 Å². The van der Waals surface area contributed by atoms with Gasteiger partial charge in [0.05, 0.1) is 10.6 Å². The molecule has 3 aromatic rings. The summed E-state index contributed by atoms with van der Waals surface area (Å²) >= 11 is 1.52. The van der Waals surface area contributed by atoms with Gasteiger partial charge in [-0.3, -0.25) is 13.9 Å². The highest BCUT2D eigenvalue weighted by Crippen LogP contribution is 2.27. The van der Waals surface area contributed by atoms with Crippen molar-refractivity contribution in [1.82, 2.24) is 10.2 Å². The van der Waals surface area contributed by atoms with Crippen LogP contribution in [0.1, 0.15) is 55.7 Å². The van der Waals surface area contributed by atoms with E-state index in [1.165, 1.54) is 23.1 Å². The molecule has 2 amide bonds. The van der Waals surface area contributed by atoms with Crippen LogP contribution >= 0.6 is 11.8 Å². The van der Waals surface area contributed by atoms with E-state index in [0.717, 1.165) is 51.6 Å². The molecule has 1 aliphatic carbocycles. The van der Waals surface area contributed by atoms with E-state index in [4.69, 9.17) is 0 Å². The Bertz CT molecular complexity index is 1450. The number of benzene rings is 3. The molecule has 0 aromatic heterocycles. The van der Waals surface area contributed by atoms with Gasteiger partial charge in [-0.1, -0.05) is 66.8 Å². The van der Waals surface area contributed by atoms with Gasteiger partial charge in [-0.15, -0.1) is 11.8 Å². The minimum Gasteiger partial charge on any atom is -0.352 e. The Labute approximate surface area is 254 Å².